The summed E-state index contributed by atoms with van der Waals surface area (Å²) in [6.45, 7) is 2.23. The summed E-state index contributed by atoms with van der Waals surface area (Å²) in [6, 6.07) is 10.2. The molecule has 0 radical (unpaired) electrons. The van der Waals surface area contributed by atoms with Crippen LogP contribution in [0.2, 0.25) is 0 Å². The van der Waals surface area contributed by atoms with Gasteiger partial charge in [0.05, 0.1) is 25.7 Å². The molecular formula is C19H23N3O5. The Kier molecular flexibility index (Phi) is 6.73. The van der Waals surface area contributed by atoms with Gasteiger partial charge in [-0.1, -0.05) is 24.3 Å². The molecule has 1 N–H and O–H groups in total. The number of methoxy groups -OCH3 is 2. The number of benzene rings is 2. The van der Waals surface area contributed by atoms with Crippen molar-refractivity contribution in [2.75, 3.05) is 33.1 Å². The van der Waals surface area contributed by atoms with Crippen molar-refractivity contribution in [3.8, 4) is 11.5 Å². The molecule has 0 saturated carbocycles. The van der Waals surface area contributed by atoms with Crippen LogP contribution in [-0.2, 0) is 11.3 Å². The van der Waals surface area contributed by atoms with Crippen LogP contribution in [0.5, 0.6) is 11.5 Å². The highest BCUT2D eigenvalue weighted by Crippen LogP contribution is 2.31. The van der Waals surface area contributed by atoms with Gasteiger partial charge in [-0.3, -0.25) is 19.8 Å². The van der Waals surface area contributed by atoms with E-state index in [-0.39, 0.29) is 23.8 Å². The molecule has 0 aliphatic heterocycles. The zero-order valence-electron chi connectivity index (χ0n) is 15.8. The number of likely N-dealkylation sites (N-methyl/N-ethyl adjacent to an activating group) is 1. The smallest absolute Gasteiger partial charge is 0.293 e. The van der Waals surface area contributed by atoms with Crippen molar-refractivity contribution in [1.29, 1.82) is 0 Å². The van der Waals surface area contributed by atoms with E-state index in [2.05, 4.69) is 5.32 Å². The number of nitro benzene ring substituents is 1. The molecule has 2 aromatic rings. The van der Waals surface area contributed by atoms with Crippen LogP contribution in [0.25, 0.3) is 0 Å². The van der Waals surface area contributed by atoms with Gasteiger partial charge in [-0.05, 0) is 25.6 Å². The number of carbonyl (C=O) groups excluding carboxylic acids is 1. The fourth-order valence-electron chi connectivity index (χ4n) is 2.82. The van der Waals surface area contributed by atoms with Gasteiger partial charge in [0, 0.05) is 18.2 Å². The molecule has 144 valence electrons. The summed E-state index contributed by atoms with van der Waals surface area (Å²) in [4.78, 5) is 24.8. The fraction of sp³-hybridized carbons (Fsp3) is 0.316. The van der Waals surface area contributed by atoms with E-state index in [4.69, 9.17) is 9.47 Å². The number of hydrogen-bond donors (Lipinski definition) is 1. The molecule has 2 rings (SSSR count). The second kappa shape index (κ2) is 9.00. The molecule has 2 aromatic carbocycles. The first-order chi connectivity index (χ1) is 12.9. The minimum absolute atomic E-state index is 0.0614. The van der Waals surface area contributed by atoms with Crippen LogP contribution in [0.1, 0.15) is 11.1 Å². The number of nitrogens with zero attached hydrogens (tertiary/aromatic N) is 2. The van der Waals surface area contributed by atoms with Gasteiger partial charge in [-0.25, -0.2) is 0 Å². The Morgan fingerprint density at radius 1 is 1.19 bits per heavy atom. The van der Waals surface area contributed by atoms with E-state index in [0.29, 0.717) is 23.6 Å². The van der Waals surface area contributed by atoms with Crippen molar-refractivity contribution in [3.63, 3.8) is 0 Å². The lowest BCUT2D eigenvalue weighted by molar-refractivity contribution is -0.384. The van der Waals surface area contributed by atoms with Crippen LogP contribution in [-0.4, -0.2) is 43.5 Å². The number of aryl methyl sites for hydroxylation is 1. The van der Waals surface area contributed by atoms with Crippen LogP contribution in [0.3, 0.4) is 0 Å². The van der Waals surface area contributed by atoms with Crippen molar-refractivity contribution in [1.82, 2.24) is 4.90 Å². The van der Waals surface area contributed by atoms with Gasteiger partial charge in [0.15, 0.2) is 11.5 Å². The number of ether oxygens (including phenoxy) is 2. The largest absolute Gasteiger partial charge is 0.493 e. The highest BCUT2D eigenvalue weighted by molar-refractivity contribution is 5.95. The Hall–Kier alpha value is -3.13. The van der Waals surface area contributed by atoms with Gasteiger partial charge >= 0.3 is 0 Å². The lowest BCUT2D eigenvalue weighted by atomic mass is 10.1. The molecule has 0 spiro atoms. The normalized spacial score (nSPS) is 10.6. The van der Waals surface area contributed by atoms with Crippen molar-refractivity contribution in [2.24, 2.45) is 0 Å². The minimum Gasteiger partial charge on any atom is -0.493 e. The topological polar surface area (TPSA) is 93.9 Å². The Balaban J connectivity index is 2.09. The summed E-state index contributed by atoms with van der Waals surface area (Å²) in [7, 11) is 4.91. The molecule has 0 aliphatic rings. The van der Waals surface area contributed by atoms with Gasteiger partial charge in [0.2, 0.25) is 5.91 Å². The van der Waals surface area contributed by atoms with Gasteiger partial charge in [-0.15, -0.1) is 0 Å². The number of carbonyl (C=O) groups is 1. The molecule has 1 amide bonds. The zero-order chi connectivity index (χ0) is 20.0. The monoisotopic (exact) mass is 373 g/mol. The molecule has 0 atom stereocenters. The molecule has 0 saturated heterocycles. The number of amides is 1. The third-order valence-electron chi connectivity index (χ3n) is 4.05. The molecular weight excluding hydrogens is 350 g/mol. The van der Waals surface area contributed by atoms with E-state index in [1.165, 1.54) is 6.07 Å². The molecule has 8 nitrogen and oxygen atoms in total. The van der Waals surface area contributed by atoms with Crippen LogP contribution in [0, 0.1) is 17.0 Å². The van der Waals surface area contributed by atoms with E-state index < -0.39 is 4.92 Å². The Morgan fingerprint density at radius 3 is 2.52 bits per heavy atom. The van der Waals surface area contributed by atoms with Gasteiger partial charge in [-0.2, -0.15) is 0 Å². The number of anilines is 1. The molecule has 0 aromatic heterocycles. The highest BCUT2D eigenvalue weighted by Gasteiger charge is 2.19. The van der Waals surface area contributed by atoms with Gasteiger partial charge in [0.25, 0.3) is 5.69 Å². The summed E-state index contributed by atoms with van der Waals surface area (Å²) in [5.74, 6) is 0.891. The first-order valence-electron chi connectivity index (χ1n) is 8.29. The van der Waals surface area contributed by atoms with Crippen molar-refractivity contribution < 1.29 is 19.2 Å². The SMILES string of the molecule is COc1cccc(CN(C)CC(=O)Nc2c(C)cccc2[N+](=O)[O-])c1OC. The number of hydrogen-bond acceptors (Lipinski definition) is 6. The van der Waals surface area contributed by atoms with Gasteiger partial charge < -0.3 is 14.8 Å². The van der Waals surface area contributed by atoms with Crippen molar-refractivity contribution >= 4 is 17.3 Å². The number of nitro groups is 1. The summed E-state index contributed by atoms with van der Waals surface area (Å²) < 4.78 is 10.7. The molecule has 0 unspecified atom stereocenters. The van der Waals surface area contributed by atoms with E-state index in [0.717, 1.165) is 5.56 Å². The summed E-state index contributed by atoms with van der Waals surface area (Å²) in [6.07, 6.45) is 0. The van der Waals surface area contributed by atoms with E-state index >= 15 is 0 Å². The third-order valence-corrected chi connectivity index (χ3v) is 4.05. The molecule has 8 heteroatoms. The first-order valence-corrected chi connectivity index (χ1v) is 8.29. The first kappa shape index (κ1) is 20.2. The maximum absolute atomic E-state index is 12.4. The highest BCUT2D eigenvalue weighted by atomic mass is 16.6. The predicted octanol–water partition coefficient (Wildman–Crippen LogP) is 2.99. The molecule has 0 heterocycles. The maximum atomic E-state index is 12.4. The standard InChI is InChI=1S/C19H23N3O5/c1-13-7-5-9-15(22(24)25)18(13)20-17(23)12-21(2)11-14-8-6-10-16(26-3)19(14)27-4/h5-10H,11-12H2,1-4H3,(H,20,23). The Bertz CT molecular complexity index is 838. The van der Waals surface area contributed by atoms with Crippen LogP contribution >= 0.6 is 0 Å². The summed E-state index contributed by atoms with van der Waals surface area (Å²) in [5, 5.41) is 13.8. The average molecular weight is 373 g/mol. The number of nitrogens with one attached hydrogen (secondary N) is 1. The number of para-hydroxylation sites is 2. The lowest BCUT2D eigenvalue weighted by Gasteiger charge is -2.19. The van der Waals surface area contributed by atoms with Crippen molar-refractivity contribution in [2.45, 2.75) is 13.5 Å². The van der Waals surface area contributed by atoms with E-state index in [9.17, 15) is 14.9 Å². The van der Waals surface area contributed by atoms with E-state index in [1.807, 2.05) is 12.1 Å². The van der Waals surface area contributed by atoms with Crippen LogP contribution in [0.15, 0.2) is 36.4 Å². The van der Waals surface area contributed by atoms with Crippen molar-refractivity contribution in [3.05, 3.63) is 57.6 Å². The zero-order valence-corrected chi connectivity index (χ0v) is 15.8. The lowest BCUT2D eigenvalue weighted by Crippen LogP contribution is -2.30. The minimum atomic E-state index is -0.507. The maximum Gasteiger partial charge on any atom is 0.293 e. The molecule has 0 bridgehead atoms. The second-order valence-electron chi connectivity index (χ2n) is 6.10. The second-order valence-corrected chi connectivity index (χ2v) is 6.10. The summed E-state index contributed by atoms with van der Waals surface area (Å²) >= 11 is 0. The number of rotatable bonds is 8. The Morgan fingerprint density at radius 2 is 1.89 bits per heavy atom. The molecule has 0 aliphatic carbocycles. The Labute approximate surface area is 157 Å². The van der Waals surface area contributed by atoms with E-state index in [1.54, 1.807) is 51.3 Å². The summed E-state index contributed by atoms with van der Waals surface area (Å²) in [5.41, 5.74) is 1.60. The molecule has 0 fully saturated rings. The fourth-order valence-corrected chi connectivity index (χ4v) is 2.82. The predicted molar refractivity (Wildman–Crippen MR) is 102 cm³/mol. The molecule has 27 heavy (non-hydrogen) atoms. The average Bonchev–Trinajstić information content (AvgIpc) is 2.62. The van der Waals surface area contributed by atoms with Crippen LogP contribution < -0.4 is 14.8 Å². The van der Waals surface area contributed by atoms with Crippen LogP contribution in [0.4, 0.5) is 11.4 Å². The van der Waals surface area contributed by atoms with Gasteiger partial charge in [0.1, 0.15) is 5.69 Å². The third kappa shape index (κ3) is 4.95. The quantitative estimate of drug-likeness (QED) is 0.565.